The third-order valence-corrected chi connectivity index (χ3v) is 3.57. The summed E-state index contributed by atoms with van der Waals surface area (Å²) in [6, 6.07) is 0. The molecular formula is C13H25NO3. The van der Waals surface area contributed by atoms with E-state index in [2.05, 4.69) is 5.32 Å². The summed E-state index contributed by atoms with van der Waals surface area (Å²) < 4.78 is 5.21. The highest BCUT2D eigenvalue weighted by molar-refractivity contribution is 5.76. The number of hydrogen-bond acceptors (Lipinski definition) is 3. The average molecular weight is 243 g/mol. The molecule has 2 unspecified atom stereocenters. The number of methoxy groups -OCH3 is 1. The van der Waals surface area contributed by atoms with Gasteiger partial charge in [0, 0.05) is 19.6 Å². The summed E-state index contributed by atoms with van der Waals surface area (Å²) in [5.41, 5.74) is -0.421. The molecule has 0 aromatic rings. The molecule has 0 saturated heterocycles. The first-order valence-corrected chi connectivity index (χ1v) is 6.44. The lowest BCUT2D eigenvalue weighted by Crippen LogP contribution is -2.39. The van der Waals surface area contributed by atoms with E-state index in [1.165, 1.54) is 0 Å². The summed E-state index contributed by atoms with van der Waals surface area (Å²) in [5, 5.41) is 12.7. The van der Waals surface area contributed by atoms with E-state index in [0.717, 1.165) is 25.7 Å². The van der Waals surface area contributed by atoms with E-state index in [0.29, 0.717) is 13.0 Å². The molecule has 0 heterocycles. The van der Waals surface area contributed by atoms with Crippen molar-refractivity contribution in [2.24, 2.45) is 5.92 Å². The van der Waals surface area contributed by atoms with Crippen LogP contribution in [0, 0.1) is 5.92 Å². The number of aliphatic hydroxyl groups is 1. The molecule has 1 fully saturated rings. The highest BCUT2D eigenvalue weighted by Crippen LogP contribution is 2.23. The van der Waals surface area contributed by atoms with Crippen molar-refractivity contribution in [1.82, 2.24) is 5.32 Å². The number of rotatable bonds is 5. The third kappa shape index (κ3) is 5.04. The van der Waals surface area contributed by atoms with Gasteiger partial charge in [0.2, 0.25) is 5.91 Å². The Bertz CT molecular complexity index is 253. The Morgan fingerprint density at radius 1 is 1.41 bits per heavy atom. The predicted molar refractivity (Wildman–Crippen MR) is 66.7 cm³/mol. The van der Waals surface area contributed by atoms with E-state index < -0.39 is 5.60 Å². The molecule has 4 nitrogen and oxygen atoms in total. The lowest BCUT2D eigenvalue weighted by atomic mass is 9.86. The fourth-order valence-electron chi connectivity index (χ4n) is 2.19. The molecule has 0 aromatic carbocycles. The first-order valence-electron chi connectivity index (χ1n) is 6.44. The van der Waals surface area contributed by atoms with E-state index in [9.17, 15) is 9.90 Å². The average Bonchev–Trinajstić information content (AvgIpc) is 2.27. The molecule has 4 heteroatoms. The zero-order chi connectivity index (χ0) is 12.9. The quantitative estimate of drug-likeness (QED) is 0.768. The van der Waals surface area contributed by atoms with Crippen LogP contribution in [0.5, 0.6) is 0 Å². The molecule has 0 aromatic heterocycles. The van der Waals surface area contributed by atoms with Crippen molar-refractivity contribution in [2.45, 2.75) is 57.7 Å². The molecule has 17 heavy (non-hydrogen) atoms. The molecule has 2 N–H and O–H groups in total. The maximum atomic E-state index is 11.7. The van der Waals surface area contributed by atoms with Gasteiger partial charge in [-0.05, 0) is 26.7 Å². The molecule has 1 rings (SSSR count). The molecule has 0 spiro atoms. The summed E-state index contributed by atoms with van der Waals surface area (Å²) in [5.74, 6) is 0.216. The lowest BCUT2D eigenvalue weighted by molar-refractivity contribution is -0.126. The SMILES string of the molecule is COC(C)(C)CC(=O)NCC1CCCCC1O. The highest BCUT2D eigenvalue weighted by Gasteiger charge is 2.25. The predicted octanol–water partition coefficient (Wildman–Crippen LogP) is 1.47. The van der Waals surface area contributed by atoms with Crippen LogP contribution in [0.1, 0.15) is 46.0 Å². The van der Waals surface area contributed by atoms with Crippen LogP contribution in [0.2, 0.25) is 0 Å². The second-order valence-electron chi connectivity index (χ2n) is 5.56. The molecule has 0 bridgehead atoms. The maximum Gasteiger partial charge on any atom is 0.222 e. The van der Waals surface area contributed by atoms with Gasteiger partial charge in [-0.2, -0.15) is 0 Å². The summed E-state index contributed by atoms with van der Waals surface area (Å²) in [6.45, 7) is 4.36. The Kier molecular flexibility index (Phi) is 5.40. The van der Waals surface area contributed by atoms with Crippen molar-refractivity contribution in [2.75, 3.05) is 13.7 Å². The monoisotopic (exact) mass is 243 g/mol. The van der Waals surface area contributed by atoms with E-state index in [-0.39, 0.29) is 17.9 Å². The van der Waals surface area contributed by atoms with Crippen LogP contribution >= 0.6 is 0 Å². The molecule has 2 atom stereocenters. The van der Waals surface area contributed by atoms with Gasteiger partial charge >= 0.3 is 0 Å². The van der Waals surface area contributed by atoms with Gasteiger partial charge in [-0.25, -0.2) is 0 Å². The topological polar surface area (TPSA) is 58.6 Å². The molecule has 1 aliphatic rings. The fourth-order valence-corrected chi connectivity index (χ4v) is 2.19. The molecular weight excluding hydrogens is 218 g/mol. The Morgan fingerprint density at radius 2 is 2.06 bits per heavy atom. The largest absolute Gasteiger partial charge is 0.393 e. The molecule has 0 aliphatic heterocycles. The first kappa shape index (κ1) is 14.5. The summed E-state index contributed by atoms with van der Waals surface area (Å²) in [6.07, 6.45) is 4.23. The van der Waals surface area contributed by atoms with Gasteiger partial charge < -0.3 is 15.2 Å². The van der Waals surface area contributed by atoms with Crippen molar-refractivity contribution in [1.29, 1.82) is 0 Å². The van der Waals surface area contributed by atoms with Crippen LogP contribution in [0.15, 0.2) is 0 Å². The highest BCUT2D eigenvalue weighted by atomic mass is 16.5. The Balaban J connectivity index is 2.27. The van der Waals surface area contributed by atoms with Gasteiger partial charge in [-0.1, -0.05) is 12.8 Å². The Labute approximate surface area is 104 Å². The molecule has 100 valence electrons. The van der Waals surface area contributed by atoms with E-state index in [1.54, 1.807) is 7.11 Å². The van der Waals surface area contributed by atoms with Gasteiger partial charge in [0.1, 0.15) is 0 Å². The zero-order valence-electron chi connectivity index (χ0n) is 11.2. The Hall–Kier alpha value is -0.610. The minimum atomic E-state index is -0.421. The minimum Gasteiger partial charge on any atom is -0.393 e. The normalized spacial score (nSPS) is 25.6. The van der Waals surface area contributed by atoms with Crippen molar-refractivity contribution in [3.05, 3.63) is 0 Å². The van der Waals surface area contributed by atoms with Gasteiger partial charge in [-0.15, -0.1) is 0 Å². The van der Waals surface area contributed by atoms with E-state index in [1.807, 2.05) is 13.8 Å². The zero-order valence-corrected chi connectivity index (χ0v) is 11.2. The maximum absolute atomic E-state index is 11.7. The van der Waals surface area contributed by atoms with Crippen LogP contribution in [-0.2, 0) is 9.53 Å². The van der Waals surface area contributed by atoms with Crippen LogP contribution in [0.4, 0.5) is 0 Å². The second kappa shape index (κ2) is 6.36. The standard InChI is InChI=1S/C13H25NO3/c1-13(2,17-3)8-12(16)14-9-10-6-4-5-7-11(10)15/h10-11,15H,4-9H2,1-3H3,(H,14,16). The van der Waals surface area contributed by atoms with Crippen LogP contribution in [-0.4, -0.2) is 36.4 Å². The van der Waals surface area contributed by atoms with Crippen molar-refractivity contribution < 1.29 is 14.6 Å². The molecule has 1 aliphatic carbocycles. The van der Waals surface area contributed by atoms with Crippen molar-refractivity contribution in [3.63, 3.8) is 0 Å². The molecule has 1 amide bonds. The minimum absolute atomic E-state index is 0.00498. The smallest absolute Gasteiger partial charge is 0.222 e. The van der Waals surface area contributed by atoms with Crippen molar-refractivity contribution in [3.8, 4) is 0 Å². The van der Waals surface area contributed by atoms with Gasteiger partial charge in [0.15, 0.2) is 0 Å². The van der Waals surface area contributed by atoms with Crippen LogP contribution < -0.4 is 5.32 Å². The number of amides is 1. The first-order chi connectivity index (χ1) is 7.94. The number of hydrogen-bond donors (Lipinski definition) is 2. The number of nitrogens with one attached hydrogen (secondary N) is 1. The summed E-state index contributed by atoms with van der Waals surface area (Å²) >= 11 is 0. The summed E-state index contributed by atoms with van der Waals surface area (Å²) in [4.78, 5) is 11.7. The molecule has 1 saturated carbocycles. The van der Waals surface area contributed by atoms with Crippen molar-refractivity contribution >= 4 is 5.91 Å². The third-order valence-electron chi connectivity index (χ3n) is 3.57. The lowest BCUT2D eigenvalue weighted by Gasteiger charge is -2.28. The number of carbonyl (C=O) groups excluding carboxylic acids is 1. The second-order valence-corrected chi connectivity index (χ2v) is 5.56. The number of carbonyl (C=O) groups is 1. The summed E-state index contributed by atoms with van der Waals surface area (Å²) in [7, 11) is 1.61. The number of ether oxygens (including phenoxy) is 1. The Morgan fingerprint density at radius 3 is 2.65 bits per heavy atom. The van der Waals surface area contributed by atoms with Crippen LogP contribution in [0.3, 0.4) is 0 Å². The van der Waals surface area contributed by atoms with Gasteiger partial charge in [0.05, 0.1) is 18.1 Å². The van der Waals surface area contributed by atoms with Gasteiger partial charge in [0.25, 0.3) is 0 Å². The van der Waals surface area contributed by atoms with Crippen LogP contribution in [0.25, 0.3) is 0 Å². The molecule has 0 radical (unpaired) electrons. The van der Waals surface area contributed by atoms with Gasteiger partial charge in [-0.3, -0.25) is 4.79 Å². The van der Waals surface area contributed by atoms with E-state index in [4.69, 9.17) is 4.74 Å². The fraction of sp³-hybridized carbons (Fsp3) is 0.923. The van der Waals surface area contributed by atoms with E-state index >= 15 is 0 Å². The number of aliphatic hydroxyl groups excluding tert-OH is 1.